The van der Waals surface area contributed by atoms with Crippen molar-refractivity contribution in [2.24, 2.45) is 5.73 Å². The van der Waals surface area contributed by atoms with E-state index in [1.165, 1.54) is 4.90 Å². The van der Waals surface area contributed by atoms with E-state index in [-0.39, 0.29) is 12.7 Å². The number of hydrogen-bond donors (Lipinski definition) is 2. The van der Waals surface area contributed by atoms with E-state index in [4.69, 9.17) is 10.5 Å². The van der Waals surface area contributed by atoms with Crippen LogP contribution in [0.5, 0.6) is 0 Å². The lowest BCUT2D eigenvalue weighted by molar-refractivity contribution is -0.118. The fourth-order valence-electron chi connectivity index (χ4n) is 2.28. The summed E-state index contributed by atoms with van der Waals surface area (Å²) in [5, 5.41) is 9.75. The number of aliphatic hydroxyl groups is 1. The Labute approximate surface area is 128 Å². The average Bonchev–Trinajstić information content (AvgIpc) is 2.44. The molecule has 0 aromatic heterocycles. The first kappa shape index (κ1) is 19.5. The molecule has 0 spiro atoms. The van der Waals surface area contributed by atoms with E-state index in [0.29, 0.717) is 17.9 Å². The minimum absolute atomic E-state index is 0.0376. The molecule has 0 saturated carbocycles. The number of rotatable bonds is 9. The second-order valence-corrected chi connectivity index (χ2v) is 5.37. The highest BCUT2D eigenvalue weighted by atomic mass is 16.5. The molecule has 122 valence electrons. The summed E-state index contributed by atoms with van der Waals surface area (Å²) in [6.07, 6.45) is 2.30. The Bertz CT molecular complexity index is 390. The van der Waals surface area contributed by atoms with Crippen LogP contribution < -0.4 is 5.73 Å². The molecular formula is C16H30N2O3. The Kier molecular flexibility index (Phi) is 8.78. The maximum Gasteiger partial charge on any atom is 0.210 e. The Morgan fingerprint density at radius 2 is 1.86 bits per heavy atom. The maximum absolute atomic E-state index is 11.1. The van der Waals surface area contributed by atoms with E-state index >= 15 is 0 Å². The lowest BCUT2D eigenvalue weighted by Gasteiger charge is -2.30. The van der Waals surface area contributed by atoms with Crippen molar-refractivity contribution in [2.45, 2.75) is 59.6 Å². The van der Waals surface area contributed by atoms with Crippen molar-refractivity contribution < 1.29 is 14.6 Å². The predicted octanol–water partition coefficient (Wildman–Crippen LogP) is 2.17. The normalized spacial score (nSPS) is 13.5. The van der Waals surface area contributed by atoms with Crippen LogP contribution in [0.2, 0.25) is 0 Å². The molecule has 0 aliphatic carbocycles. The summed E-state index contributed by atoms with van der Waals surface area (Å²) in [5.74, 6) is 0.580. The van der Waals surface area contributed by atoms with Gasteiger partial charge in [0, 0.05) is 18.3 Å². The van der Waals surface area contributed by atoms with Crippen molar-refractivity contribution >= 4 is 6.41 Å². The van der Waals surface area contributed by atoms with Gasteiger partial charge in [0.2, 0.25) is 6.41 Å². The fraction of sp³-hybridized carbons (Fsp3) is 0.688. The summed E-state index contributed by atoms with van der Waals surface area (Å²) in [7, 11) is 1.65. The van der Waals surface area contributed by atoms with Crippen molar-refractivity contribution in [1.82, 2.24) is 4.90 Å². The van der Waals surface area contributed by atoms with Gasteiger partial charge in [-0.15, -0.1) is 0 Å². The number of ether oxygens (including phenoxy) is 1. The van der Waals surface area contributed by atoms with Crippen LogP contribution in [0.4, 0.5) is 0 Å². The summed E-state index contributed by atoms with van der Waals surface area (Å²) in [5.41, 5.74) is 8.50. The zero-order valence-corrected chi connectivity index (χ0v) is 14.1. The summed E-state index contributed by atoms with van der Waals surface area (Å²) in [4.78, 5) is 12.6. The number of carbonyl (C=O) groups is 1. The largest absolute Gasteiger partial charge is 0.489 e. The standard InChI is InChI=1S/C16H30N2O3/c1-7-13(8-2)15(14(9-19)18(6)10-20)16(12(5)17)21-11(3)4/h10-11,14,19H,7-9,17H2,1-6H3/b16-12-. The van der Waals surface area contributed by atoms with Crippen LogP contribution in [0.1, 0.15) is 47.5 Å². The number of amides is 1. The lowest BCUT2D eigenvalue weighted by atomic mass is 9.93. The van der Waals surface area contributed by atoms with Gasteiger partial charge in [-0.2, -0.15) is 0 Å². The molecule has 0 radical (unpaired) electrons. The van der Waals surface area contributed by atoms with E-state index in [1.807, 2.05) is 27.7 Å². The van der Waals surface area contributed by atoms with E-state index in [1.54, 1.807) is 14.0 Å². The Balaban J connectivity index is 6.10. The zero-order chi connectivity index (χ0) is 16.6. The molecule has 0 aromatic rings. The number of hydrogen-bond acceptors (Lipinski definition) is 4. The number of nitrogens with zero attached hydrogens (tertiary/aromatic N) is 1. The minimum Gasteiger partial charge on any atom is -0.489 e. The van der Waals surface area contributed by atoms with Crippen LogP contribution in [0.3, 0.4) is 0 Å². The first-order valence-electron chi connectivity index (χ1n) is 7.47. The minimum atomic E-state index is -0.454. The summed E-state index contributed by atoms with van der Waals surface area (Å²) >= 11 is 0. The highest BCUT2D eigenvalue weighted by Crippen LogP contribution is 2.28. The van der Waals surface area contributed by atoms with Gasteiger partial charge in [-0.25, -0.2) is 0 Å². The summed E-state index contributed by atoms with van der Waals surface area (Å²) in [6.45, 7) is 9.55. The van der Waals surface area contributed by atoms with E-state index < -0.39 is 6.04 Å². The molecular weight excluding hydrogens is 268 g/mol. The van der Waals surface area contributed by atoms with Gasteiger partial charge in [0.1, 0.15) is 5.76 Å². The van der Waals surface area contributed by atoms with Gasteiger partial charge in [-0.3, -0.25) is 4.79 Å². The molecule has 0 aliphatic rings. The molecule has 1 atom stereocenters. The number of aliphatic hydroxyl groups excluding tert-OH is 1. The SMILES string of the molecule is CCC(CC)=C(/C(OC(C)C)=C(\C)N)C(CO)N(C)C=O. The molecule has 0 saturated heterocycles. The Hall–Kier alpha value is -1.49. The van der Waals surface area contributed by atoms with Crippen molar-refractivity contribution in [1.29, 1.82) is 0 Å². The second kappa shape index (κ2) is 9.45. The van der Waals surface area contributed by atoms with Crippen LogP contribution in [-0.4, -0.2) is 42.2 Å². The third-order valence-corrected chi connectivity index (χ3v) is 3.35. The molecule has 21 heavy (non-hydrogen) atoms. The van der Waals surface area contributed by atoms with Gasteiger partial charge >= 0.3 is 0 Å². The van der Waals surface area contributed by atoms with E-state index in [0.717, 1.165) is 24.0 Å². The molecule has 0 aromatic carbocycles. The van der Waals surface area contributed by atoms with Crippen molar-refractivity contribution in [3.05, 3.63) is 22.6 Å². The summed E-state index contributed by atoms with van der Waals surface area (Å²) in [6, 6.07) is -0.454. The van der Waals surface area contributed by atoms with Crippen molar-refractivity contribution in [3.63, 3.8) is 0 Å². The van der Waals surface area contributed by atoms with Gasteiger partial charge < -0.3 is 20.5 Å². The van der Waals surface area contributed by atoms with Crippen LogP contribution in [0.25, 0.3) is 0 Å². The van der Waals surface area contributed by atoms with Crippen LogP contribution in [-0.2, 0) is 9.53 Å². The van der Waals surface area contributed by atoms with Crippen molar-refractivity contribution in [3.8, 4) is 0 Å². The summed E-state index contributed by atoms with van der Waals surface area (Å²) < 4.78 is 5.88. The van der Waals surface area contributed by atoms with Crippen molar-refractivity contribution in [2.75, 3.05) is 13.7 Å². The van der Waals surface area contributed by atoms with Gasteiger partial charge in [-0.05, 0) is 33.6 Å². The molecule has 0 heterocycles. The fourth-order valence-corrected chi connectivity index (χ4v) is 2.28. The van der Waals surface area contributed by atoms with Gasteiger partial charge in [0.25, 0.3) is 0 Å². The maximum atomic E-state index is 11.1. The highest BCUT2D eigenvalue weighted by molar-refractivity contribution is 5.51. The molecule has 3 N–H and O–H groups in total. The predicted molar refractivity (Wildman–Crippen MR) is 85.4 cm³/mol. The number of likely N-dealkylation sites (N-methyl/N-ethyl adjacent to an activating group) is 1. The van der Waals surface area contributed by atoms with Gasteiger partial charge in [-0.1, -0.05) is 19.4 Å². The number of nitrogens with two attached hydrogens (primary N) is 1. The monoisotopic (exact) mass is 298 g/mol. The van der Waals surface area contributed by atoms with Crippen LogP contribution >= 0.6 is 0 Å². The van der Waals surface area contributed by atoms with Crippen LogP contribution in [0.15, 0.2) is 22.6 Å². The average molecular weight is 298 g/mol. The molecule has 5 nitrogen and oxygen atoms in total. The first-order valence-corrected chi connectivity index (χ1v) is 7.47. The molecule has 1 amide bonds. The third-order valence-electron chi connectivity index (χ3n) is 3.35. The van der Waals surface area contributed by atoms with Gasteiger partial charge in [0.15, 0.2) is 0 Å². The first-order chi connectivity index (χ1) is 9.83. The highest BCUT2D eigenvalue weighted by Gasteiger charge is 2.26. The molecule has 0 rings (SSSR count). The Morgan fingerprint density at radius 1 is 1.33 bits per heavy atom. The topological polar surface area (TPSA) is 75.8 Å². The number of allylic oxidation sites excluding steroid dienone is 2. The molecule has 0 fully saturated rings. The van der Waals surface area contributed by atoms with Gasteiger partial charge in [0.05, 0.1) is 18.8 Å². The Morgan fingerprint density at radius 3 is 2.14 bits per heavy atom. The lowest BCUT2D eigenvalue weighted by Crippen LogP contribution is -2.37. The van der Waals surface area contributed by atoms with E-state index in [9.17, 15) is 9.90 Å². The zero-order valence-electron chi connectivity index (χ0n) is 14.1. The molecule has 0 bridgehead atoms. The quantitative estimate of drug-likeness (QED) is 0.388. The van der Waals surface area contributed by atoms with E-state index in [2.05, 4.69) is 0 Å². The smallest absolute Gasteiger partial charge is 0.210 e. The number of carbonyl (C=O) groups excluding carboxylic acids is 1. The molecule has 0 aliphatic heterocycles. The second-order valence-electron chi connectivity index (χ2n) is 5.37. The molecule has 1 unspecified atom stereocenters. The third kappa shape index (κ3) is 5.42. The van der Waals surface area contributed by atoms with Crippen LogP contribution in [0, 0.1) is 0 Å². The molecule has 5 heteroatoms.